The number of aromatic carboxylic acids is 1. The molecular weight excluding hydrogens is 334 g/mol. The number of sulfonamides is 1. The molecular formula is C15H15N3O5S. The Labute approximate surface area is 137 Å². The second-order valence-corrected chi connectivity index (χ2v) is 7.50. The number of nitrogens with one attached hydrogen (secondary N) is 1. The Hall–Kier alpha value is -2.65. The van der Waals surface area contributed by atoms with E-state index in [-0.39, 0.29) is 12.1 Å². The molecule has 0 fully saturated rings. The van der Waals surface area contributed by atoms with Crippen molar-refractivity contribution in [1.82, 2.24) is 14.3 Å². The Morgan fingerprint density at radius 1 is 1.33 bits per heavy atom. The third-order valence-electron chi connectivity index (χ3n) is 3.57. The lowest BCUT2D eigenvalue weighted by Gasteiger charge is -2.11. The van der Waals surface area contributed by atoms with Crippen LogP contribution in [0.2, 0.25) is 0 Å². The first-order valence-corrected chi connectivity index (χ1v) is 8.82. The maximum atomic E-state index is 11.4. The van der Waals surface area contributed by atoms with Crippen molar-refractivity contribution in [1.29, 1.82) is 0 Å². The van der Waals surface area contributed by atoms with Crippen LogP contribution in [0, 0.1) is 0 Å². The number of hydrogen-bond donors (Lipinski definition) is 2. The molecule has 2 N–H and O–H groups in total. The summed E-state index contributed by atoms with van der Waals surface area (Å²) < 4.78 is 29.7. The molecule has 126 valence electrons. The normalized spacial score (nSPS) is 12.1. The Kier molecular flexibility index (Phi) is 3.90. The molecule has 3 aromatic rings. The zero-order valence-corrected chi connectivity index (χ0v) is 13.8. The molecule has 24 heavy (non-hydrogen) atoms. The van der Waals surface area contributed by atoms with Gasteiger partial charge in [-0.15, -0.1) is 0 Å². The van der Waals surface area contributed by atoms with Crippen molar-refractivity contribution in [3.05, 3.63) is 41.7 Å². The number of carboxylic acid groups (broad SMARTS) is 1. The molecule has 0 aliphatic rings. The molecule has 0 radical (unpaired) electrons. The first kappa shape index (κ1) is 16.2. The van der Waals surface area contributed by atoms with Crippen LogP contribution in [-0.4, -0.2) is 47.1 Å². The van der Waals surface area contributed by atoms with Crippen LogP contribution >= 0.6 is 0 Å². The number of imidazole rings is 1. The van der Waals surface area contributed by atoms with Gasteiger partial charge in [0, 0.05) is 7.05 Å². The summed E-state index contributed by atoms with van der Waals surface area (Å²) in [5.74, 6) is 0.350. The van der Waals surface area contributed by atoms with Crippen molar-refractivity contribution in [2.45, 2.75) is 6.54 Å². The highest BCUT2D eigenvalue weighted by atomic mass is 32.2. The van der Waals surface area contributed by atoms with Crippen LogP contribution < -0.4 is 0 Å². The number of hydrogen-bond acceptors (Lipinski definition) is 5. The van der Waals surface area contributed by atoms with Gasteiger partial charge in [-0.1, -0.05) is 0 Å². The van der Waals surface area contributed by atoms with Crippen molar-refractivity contribution >= 4 is 27.0 Å². The van der Waals surface area contributed by atoms with Crippen LogP contribution in [-0.2, 0) is 16.6 Å². The Morgan fingerprint density at radius 3 is 2.75 bits per heavy atom. The lowest BCUT2D eigenvalue weighted by Crippen LogP contribution is -2.24. The van der Waals surface area contributed by atoms with Gasteiger partial charge in [0.2, 0.25) is 10.0 Å². The van der Waals surface area contributed by atoms with Gasteiger partial charge in [0.15, 0.2) is 11.6 Å². The van der Waals surface area contributed by atoms with E-state index >= 15 is 0 Å². The molecule has 0 unspecified atom stereocenters. The van der Waals surface area contributed by atoms with Crippen LogP contribution in [0.4, 0.5) is 0 Å². The number of rotatable bonds is 5. The molecule has 0 saturated carbocycles. The number of carboxylic acids is 1. The SMILES string of the molecule is CN(Cc1ccc(-c2nc3ccc(C(=O)O)cc3[nH]2)o1)S(C)(=O)=O. The van der Waals surface area contributed by atoms with Crippen molar-refractivity contribution < 1.29 is 22.7 Å². The molecule has 2 aromatic heterocycles. The smallest absolute Gasteiger partial charge is 0.335 e. The standard InChI is InChI=1S/C15H15N3O5S/c1-18(24(2,21)22)8-10-4-6-13(23-10)14-16-11-5-3-9(15(19)20)7-12(11)17-14/h3-7H,8H2,1-2H3,(H,16,17)(H,19,20). The average Bonchev–Trinajstić information content (AvgIpc) is 3.11. The number of carbonyl (C=O) groups is 1. The van der Waals surface area contributed by atoms with Gasteiger partial charge < -0.3 is 14.5 Å². The van der Waals surface area contributed by atoms with Gasteiger partial charge in [0.05, 0.1) is 29.4 Å². The average molecular weight is 349 g/mol. The summed E-state index contributed by atoms with van der Waals surface area (Å²) in [5, 5.41) is 9.01. The van der Waals surface area contributed by atoms with Crippen LogP contribution in [0.5, 0.6) is 0 Å². The zero-order chi connectivity index (χ0) is 17.5. The number of fused-ring (bicyclic) bond motifs is 1. The summed E-state index contributed by atoms with van der Waals surface area (Å²) in [6, 6.07) is 7.94. The molecule has 0 saturated heterocycles. The number of benzene rings is 1. The summed E-state index contributed by atoms with van der Waals surface area (Å²) in [4.78, 5) is 18.4. The van der Waals surface area contributed by atoms with Gasteiger partial charge in [0.25, 0.3) is 0 Å². The van der Waals surface area contributed by atoms with E-state index in [9.17, 15) is 13.2 Å². The highest BCUT2D eigenvalue weighted by Crippen LogP contribution is 2.24. The van der Waals surface area contributed by atoms with Crippen LogP contribution in [0.3, 0.4) is 0 Å². The quantitative estimate of drug-likeness (QED) is 0.727. The lowest BCUT2D eigenvalue weighted by atomic mass is 10.2. The van der Waals surface area contributed by atoms with E-state index in [1.54, 1.807) is 18.2 Å². The molecule has 0 atom stereocenters. The van der Waals surface area contributed by atoms with E-state index in [1.807, 2.05) is 0 Å². The highest BCUT2D eigenvalue weighted by molar-refractivity contribution is 7.88. The van der Waals surface area contributed by atoms with E-state index in [0.29, 0.717) is 28.4 Å². The van der Waals surface area contributed by atoms with Crippen LogP contribution in [0.25, 0.3) is 22.6 Å². The van der Waals surface area contributed by atoms with Gasteiger partial charge in [0.1, 0.15) is 5.76 Å². The summed E-state index contributed by atoms with van der Waals surface area (Å²) in [6.45, 7) is 0.113. The molecule has 0 amide bonds. The monoisotopic (exact) mass is 349 g/mol. The number of aromatic amines is 1. The number of H-pyrrole nitrogens is 1. The fourth-order valence-corrected chi connectivity index (χ4v) is 2.55. The molecule has 9 heteroatoms. The Morgan fingerprint density at radius 2 is 2.08 bits per heavy atom. The van der Waals surface area contributed by atoms with Crippen LogP contribution in [0.15, 0.2) is 34.7 Å². The van der Waals surface area contributed by atoms with Gasteiger partial charge in [-0.3, -0.25) is 0 Å². The Balaban J connectivity index is 1.90. The second-order valence-electron chi connectivity index (χ2n) is 5.41. The molecule has 3 rings (SSSR count). The fraction of sp³-hybridized carbons (Fsp3) is 0.200. The number of nitrogens with zero attached hydrogens (tertiary/aromatic N) is 2. The van der Waals surface area contributed by atoms with Crippen molar-refractivity contribution in [3.8, 4) is 11.6 Å². The molecule has 0 aliphatic carbocycles. The summed E-state index contributed by atoms with van der Waals surface area (Å²) in [6.07, 6.45) is 1.12. The molecule has 0 bridgehead atoms. The van der Waals surface area contributed by atoms with Gasteiger partial charge in [-0.05, 0) is 30.3 Å². The summed E-state index contributed by atoms with van der Waals surface area (Å²) in [7, 11) is -1.83. The van der Waals surface area contributed by atoms with Gasteiger partial charge in [-0.2, -0.15) is 4.31 Å². The van der Waals surface area contributed by atoms with Crippen LogP contribution in [0.1, 0.15) is 16.1 Å². The number of aromatic nitrogens is 2. The van der Waals surface area contributed by atoms with E-state index in [4.69, 9.17) is 9.52 Å². The summed E-state index contributed by atoms with van der Waals surface area (Å²) >= 11 is 0. The molecule has 8 nitrogen and oxygen atoms in total. The lowest BCUT2D eigenvalue weighted by molar-refractivity contribution is 0.0697. The van der Waals surface area contributed by atoms with E-state index in [0.717, 1.165) is 6.26 Å². The topological polar surface area (TPSA) is 116 Å². The number of furan rings is 1. The Bertz CT molecular complexity index is 1020. The minimum atomic E-state index is -3.30. The minimum absolute atomic E-state index is 0.113. The maximum Gasteiger partial charge on any atom is 0.335 e. The predicted octanol–water partition coefficient (Wildman–Crippen LogP) is 1.91. The third kappa shape index (κ3) is 3.17. The zero-order valence-electron chi connectivity index (χ0n) is 13.0. The van der Waals surface area contributed by atoms with Crippen molar-refractivity contribution in [3.63, 3.8) is 0 Å². The largest absolute Gasteiger partial charge is 0.478 e. The highest BCUT2D eigenvalue weighted by Gasteiger charge is 2.16. The third-order valence-corrected chi connectivity index (χ3v) is 4.83. The predicted molar refractivity (Wildman–Crippen MR) is 87.1 cm³/mol. The second kappa shape index (κ2) is 5.77. The first-order valence-electron chi connectivity index (χ1n) is 6.97. The van der Waals surface area contributed by atoms with E-state index < -0.39 is 16.0 Å². The summed E-state index contributed by atoms with van der Waals surface area (Å²) in [5.41, 5.74) is 1.35. The van der Waals surface area contributed by atoms with Crippen molar-refractivity contribution in [2.75, 3.05) is 13.3 Å². The fourth-order valence-electron chi connectivity index (χ4n) is 2.19. The van der Waals surface area contributed by atoms with E-state index in [2.05, 4.69) is 9.97 Å². The molecule has 2 heterocycles. The first-order chi connectivity index (χ1) is 11.2. The van der Waals surface area contributed by atoms with Gasteiger partial charge >= 0.3 is 5.97 Å². The van der Waals surface area contributed by atoms with Crippen molar-refractivity contribution in [2.24, 2.45) is 0 Å². The molecule has 0 spiro atoms. The minimum Gasteiger partial charge on any atom is -0.478 e. The molecule has 0 aliphatic heterocycles. The van der Waals surface area contributed by atoms with E-state index in [1.165, 1.54) is 23.5 Å². The maximum absolute atomic E-state index is 11.4. The van der Waals surface area contributed by atoms with Gasteiger partial charge in [-0.25, -0.2) is 18.2 Å². The molecule has 1 aromatic carbocycles.